The van der Waals surface area contributed by atoms with Crippen molar-refractivity contribution < 1.29 is 14.3 Å². The molecule has 92 valence electrons. The summed E-state index contributed by atoms with van der Waals surface area (Å²) in [5.74, 6) is 0.0174. The van der Waals surface area contributed by atoms with Crippen LogP contribution in [0.25, 0.3) is 0 Å². The molecular weight excluding hydrogens is 220 g/mol. The van der Waals surface area contributed by atoms with Crippen LogP contribution in [0.5, 0.6) is 5.75 Å². The van der Waals surface area contributed by atoms with Gasteiger partial charge in [0.05, 0.1) is 5.56 Å². The van der Waals surface area contributed by atoms with Crippen molar-refractivity contribution in [3.8, 4) is 5.75 Å². The molecule has 1 aromatic carbocycles. The highest BCUT2D eigenvalue weighted by Crippen LogP contribution is 2.19. The van der Waals surface area contributed by atoms with Crippen molar-refractivity contribution in [3.63, 3.8) is 0 Å². The van der Waals surface area contributed by atoms with Gasteiger partial charge >= 0.3 is 6.09 Å². The molecule has 0 aromatic heterocycles. The first-order valence-corrected chi connectivity index (χ1v) is 5.45. The number of hydrogen-bond donors (Lipinski definition) is 1. The quantitative estimate of drug-likeness (QED) is 0.863. The molecule has 17 heavy (non-hydrogen) atoms. The molecule has 0 bridgehead atoms. The van der Waals surface area contributed by atoms with E-state index in [1.165, 1.54) is 0 Å². The SMILES string of the molecule is CCN(CC)C(=O)c1ccccc1OC(N)=O. The minimum absolute atomic E-state index is 0.174. The van der Waals surface area contributed by atoms with Gasteiger partial charge in [0.25, 0.3) is 5.91 Å². The first-order chi connectivity index (χ1) is 8.10. The van der Waals surface area contributed by atoms with Gasteiger partial charge < -0.3 is 15.4 Å². The topological polar surface area (TPSA) is 72.6 Å². The van der Waals surface area contributed by atoms with Crippen LogP contribution >= 0.6 is 0 Å². The van der Waals surface area contributed by atoms with E-state index in [9.17, 15) is 9.59 Å². The predicted molar refractivity (Wildman–Crippen MR) is 63.9 cm³/mol. The number of para-hydroxylation sites is 1. The van der Waals surface area contributed by atoms with Gasteiger partial charge in [-0.1, -0.05) is 12.1 Å². The van der Waals surface area contributed by atoms with Crippen LogP contribution < -0.4 is 10.5 Å². The molecule has 0 saturated heterocycles. The van der Waals surface area contributed by atoms with Gasteiger partial charge in [-0.25, -0.2) is 4.79 Å². The summed E-state index contributed by atoms with van der Waals surface area (Å²) in [7, 11) is 0. The fourth-order valence-corrected chi connectivity index (χ4v) is 1.52. The third-order valence-electron chi connectivity index (χ3n) is 2.38. The van der Waals surface area contributed by atoms with Crippen molar-refractivity contribution >= 4 is 12.0 Å². The molecule has 0 aliphatic heterocycles. The first-order valence-electron chi connectivity index (χ1n) is 5.45. The Bertz CT molecular complexity index is 414. The Kier molecular flexibility index (Phi) is 4.51. The first kappa shape index (κ1) is 13.0. The molecule has 2 amide bonds. The Balaban J connectivity index is 3.03. The Morgan fingerprint density at radius 2 is 1.82 bits per heavy atom. The fraction of sp³-hybridized carbons (Fsp3) is 0.333. The summed E-state index contributed by atoms with van der Waals surface area (Å²) in [4.78, 5) is 24.5. The average molecular weight is 236 g/mol. The van der Waals surface area contributed by atoms with Gasteiger partial charge in [-0.3, -0.25) is 4.79 Å². The number of carbonyl (C=O) groups is 2. The normalized spacial score (nSPS) is 9.76. The lowest BCUT2D eigenvalue weighted by atomic mass is 10.1. The van der Waals surface area contributed by atoms with Crippen LogP contribution in [0.2, 0.25) is 0 Å². The lowest BCUT2D eigenvalue weighted by Gasteiger charge is -2.19. The van der Waals surface area contributed by atoms with Gasteiger partial charge in [0.2, 0.25) is 0 Å². The molecule has 2 N–H and O–H groups in total. The van der Waals surface area contributed by atoms with Crippen molar-refractivity contribution in [2.24, 2.45) is 5.73 Å². The summed E-state index contributed by atoms with van der Waals surface area (Å²) in [6.07, 6.45) is -0.926. The second-order valence-corrected chi connectivity index (χ2v) is 3.39. The van der Waals surface area contributed by atoms with Crippen LogP contribution in [0.1, 0.15) is 24.2 Å². The summed E-state index contributed by atoms with van der Waals surface area (Å²) in [6.45, 7) is 4.97. The van der Waals surface area contributed by atoms with Crippen LogP contribution in [0, 0.1) is 0 Å². The predicted octanol–water partition coefficient (Wildman–Crippen LogP) is 1.63. The van der Waals surface area contributed by atoms with E-state index in [1.807, 2.05) is 13.8 Å². The molecule has 0 aliphatic carbocycles. The smallest absolute Gasteiger partial charge is 0.409 e. The number of nitrogens with zero attached hydrogens (tertiary/aromatic N) is 1. The van der Waals surface area contributed by atoms with Crippen LogP contribution in [0.4, 0.5) is 4.79 Å². The maximum absolute atomic E-state index is 12.1. The van der Waals surface area contributed by atoms with Gasteiger partial charge in [-0.05, 0) is 26.0 Å². The maximum Gasteiger partial charge on any atom is 0.409 e. The second-order valence-electron chi connectivity index (χ2n) is 3.39. The number of carbonyl (C=O) groups excluding carboxylic acids is 2. The van der Waals surface area contributed by atoms with Gasteiger partial charge in [0.15, 0.2) is 0 Å². The van der Waals surface area contributed by atoms with Crippen LogP contribution in [0.15, 0.2) is 24.3 Å². The van der Waals surface area contributed by atoms with Crippen molar-refractivity contribution in [2.75, 3.05) is 13.1 Å². The molecule has 0 aliphatic rings. The highest BCUT2D eigenvalue weighted by molar-refractivity contribution is 5.97. The molecular formula is C12H16N2O3. The van der Waals surface area contributed by atoms with Crippen molar-refractivity contribution in [1.29, 1.82) is 0 Å². The summed E-state index contributed by atoms with van der Waals surface area (Å²) in [6, 6.07) is 6.54. The molecule has 1 aromatic rings. The van der Waals surface area contributed by atoms with Gasteiger partial charge in [0.1, 0.15) is 5.75 Å². The molecule has 0 fully saturated rings. The Morgan fingerprint density at radius 1 is 1.24 bits per heavy atom. The van der Waals surface area contributed by atoms with E-state index in [0.717, 1.165) is 0 Å². The molecule has 0 heterocycles. The second kappa shape index (κ2) is 5.89. The largest absolute Gasteiger partial charge is 0.410 e. The molecule has 0 unspecified atom stereocenters. The third-order valence-corrected chi connectivity index (χ3v) is 2.38. The van der Waals surface area contributed by atoms with E-state index >= 15 is 0 Å². The summed E-state index contributed by atoms with van der Waals surface area (Å²) in [5.41, 5.74) is 5.29. The zero-order valence-corrected chi connectivity index (χ0v) is 9.97. The summed E-state index contributed by atoms with van der Waals surface area (Å²) < 4.78 is 4.80. The molecule has 5 heteroatoms. The standard InChI is InChI=1S/C12H16N2O3/c1-3-14(4-2)11(15)9-7-5-6-8-10(9)17-12(13)16/h5-8H,3-4H2,1-2H3,(H2,13,16). The van der Waals surface area contributed by atoms with E-state index in [-0.39, 0.29) is 11.7 Å². The zero-order valence-electron chi connectivity index (χ0n) is 9.97. The van der Waals surface area contributed by atoms with E-state index in [2.05, 4.69) is 0 Å². The van der Waals surface area contributed by atoms with E-state index in [4.69, 9.17) is 10.5 Å². The Hall–Kier alpha value is -2.04. The highest BCUT2D eigenvalue weighted by Gasteiger charge is 2.17. The lowest BCUT2D eigenvalue weighted by molar-refractivity contribution is 0.0770. The van der Waals surface area contributed by atoms with E-state index in [1.54, 1.807) is 29.2 Å². The van der Waals surface area contributed by atoms with Gasteiger partial charge in [-0.15, -0.1) is 0 Å². The molecule has 5 nitrogen and oxygen atoms in total. The molecule has 0 spiro atoms. The van der Waals surface area contributed by atoms with Gasteiger partial charge in [0, 0.05) is 13.1 Å². The average Bonchev–Trinajstić information content (AvgIpc) is 2.30. The third kappa shape index (κ3) is 3.21. The Labute approximate surface area is 100 Å². The molecule has 0 atom stereocenters. The van der Waals surface area contributed by atoms with E-state index < -0.39 is 6.09 Å². The summed E-state index contributed by atoms with van der Waals surface area (Å²) in [5, 5.41) is 0. The van der Waals surface area contributed by atoms with Crippen molar-refractivity contribution in [3.05, 3.63) is 29.8 Å². The number of benzene rings is 1. The van der Waals surface area contributed by atoms with Crippen molar-refractivity contribution in [2.45, 2.75) is 13.8 Å². The van der Waals surface area contributed by atoms with Crippen molar-refractivity contribution in [1.82, 2.24) is 4.90 Å². The monoisotopic (exact) mass is 236 g/mol. The maximum atomic E-state index is 12.1. The minimum atomic E-state index is -0.926. The lowest BCUT2D eigenvalue weighted by Crippen LogP contribution is -2.31. The minimum Gasteiger partial charge on any atom is -0.410 e. The van der Waals surface area contributed by atoms with Crippen LogP contribution in [-0.4, -0.2) is 30.0 Å². The summed E-state index contributed by atoms with van der Waals surface area (Å²) >= 11 is 0. The molecule has 0 radical (unpaired) electrons. The highest BCUT2D eigenvalue weighted by atomic mass is 16.5. The molecule has 0 saturated carbocycles. The van der Waals surface area contributed by atoms with E-state index in [0.29, 0.717) is 18.7 Å². The van der Waals surface area contributed by atoms with Crippen LogP contribution in [-0.2, 0) is 0 Å². The molecule has 1 rings (SSSR count). The zero-order chi connectivity index (χ0) is 12.8. The number of nitrogens with two attached hydrogens (primary N) is 1. The number of hydrogen-bond acceptors (Lipinski definition) is 3. The fourth-order valence-electron chi connectivity index (χ4n) is 1.52. The number of ether oxygens (including phenoxy) is 1. The van der Waals surface area contributed by atoms with Crippen LogP contribution in [0.3, 0.4) is 0 Å². The number of rotatable bonds is 4. The number of primary amides is 1. The Morgan fingerprint density at radius 3 is 2.35 bits per heavy atom. The number of amides is 2. The van der Waals surface area contributed by atoms with Gasteiger partial charge in [-0.2, -0.15) is 0 Å².